The molecule has 3 fully saturated rings. The smallest absolute Gasteiger partial charge is 0.240 e. The maximum atomic E-state index is 13.2. The van der Waals surface area contributed by atoms with E-state index in [1.54, 1.807) is 16.8 Å². The van der Waals surface area contributed by atoms with E-state index in [1.165, 1.54) is 12.1 Å². The number of tetrazole rings is 1. The van der Waals surface area contributed by atoms with Crippen molar-refractivity contribution in [3.63, 3.8) is 0 Å². The SMILES string of the molecule is Cl.Cl.O=C([C@@H]1C[C@H](N2CCC(c3nnnn3-c3ccc(F)cc3)CC2)CN1)N1CCSC1. The van der Waals surface area contributed by atoms with Gasteiger partial charge in [0.05, 0.1) is 17.6 Å². The van der Waals surface area contributed by atoms with Crippen LogP contribution < -0.4 is 5.32 Å². The number of piperidine rings is 1. The monoisotopic (exact) mass is 503 g/mol. The van der Waals surface area contributed by atoms with Crippen LogP contribution in [0.4, 0.5) is 4.39 Å². The number of thioether (sulfide) groups is 1. The molecular weight excluding hydrogens is 476 g/mol. The first-order valence-corrected chi connectivity index (χ1v) is 11.7. The first-order chi connectivity index (χ1) is 14.7. The van der Waals surface area contributed by atoms with Crippen LogP contribution in [0.15, 0.2) is 24.3 Å². The van der Waals surface area contributed by atoms with Gasteiger partial charge in [-0.3, -0.25) is 9.69 Å². The molecule has 3 aliphatic rings. The number of carbonyl (C=O) groups excluding carboxylic acids is 1. The van der Waals surface area contributed by atoms with E-state index in [0.717, 1.165) is 68.6 Å². The molecule has 0 spiro atoms. The van der Waals surface area contributed by atoms with Crippen molar-refractivity contribution in [1.29, 1.82) is 0 Å². The molecule has 0 radical (unpaired) electrons. The van der Waals surface area contributed by atoms with Crippen LogP contribution in [0, 0.1) is 5.82 Å². The Hall–Kier alpha value is -1.46. The molecule has 1 aromatic carbocycles. The highest BCUT2D eigenvalue weighted by molar-refractivity contribution is 7.99. The highest BCUT2D eigenvalue weighted by Gasteiger charge is 2.37. The standard InChI is InChI=1S/C20H26FN7OS.2ClH/c21-15-1-3-16(4-2-15)28-19(23-24-25-28)14-5-7-26(8-6-14)17-11-18(22-12-17)20(29)27-9-10-30-13-27;;/h1-4,14,17-18,22H,5-13H2;2*1H/t17-,18-;;/m0../s1. The summed E-state index contributed by atoms with van der Waals surface area (Å²) in [5.41, 5.74) is 0.778. The maximum absolute atomic E-state index is 13.2. The molecule has 12 heteroatoms. The van der Waals surface area contributed by atoms with E-state index < -0.39 is 0 Å². The summed E-state index contributed by atoms with van der Waals surface area (Å²) in [6.07, 6.45) is 2.83. The lowest BCUT2D eigenvalue weighted by Gasteiger charge is -2.35. The number of rotatable bonds is 4. The summed E-state index contributed by atoms with van der Waals surface area (Å²) in [5, 5.41) is 15.7. The van der Waals surface area contributed by atoms with Crippen molar-refractivity contribution < 1.29 is 9.18 Å². The fourth-order valence-corrected chi connectivity index (χ4v) is 5.68. The van der Waals surface area contributed by atoms with E-state index in [2.05, 4.69) is 25.7 Å². The lowest BCUT2D eigenvalue weighted by atomic mass is 9.94. The Morgan fingerprint density at radius 2 is 1.88 bits per heavy atom. The van der Waals surface area contributed by atoms with Gasteiger partial charge >= 0.3 is 0 Å². The van der Waals surface area contributed by atoms with Crippen LogP contribution in [-0.4, -0.2) is 85.8 Å². The first-order valence-electron chi connectivity index (χ1n) is 10.6. The average molecular weight is 504 g/mol. The van der Waals surface area contributed by atoms with Crippen LogP contribution >= 0.6 is 36.6 Å². The van der Waals surface area contributed by atoms with E-state index in [9.17, 15) is 9.18 Å². The molecule has 0 bridgehead atoms. The molecule has 8 nitrogen and oxygen atoms in total. The molecule has 32 heavy (non-hydrogen) atoms. The van der Waals surface area contributed by atoms with Gasteiger partial charge in [-0.05, 0) is 67.0 Å². The number of nitrogens with zero attached hydrogens (tertiary/aromatic N) is 6. The normalized spacial score (nSPS) is 24.2. The number of halogens is 3. The highest BCUT2D eigenvalue weighted by atomic mass is 35.5. The van der Waals surface area contributed by atoms with Gasteiger partial charge in [-0.15, -0.1) is 41.7 Å². The molecule has 0 saturated carbocycles. The van der Waals surface area contributed by atoms with Crippen molar-refractivity contribution in [2.45, 2.75) is 37.3 Å². The van der Waals surface area contributed by atoms with Crippen LogP contribution in [0.2, 0.25) is 0 Å². The Bertz CT molecular complexity index is 888. The molecule has 176 valence electrons. The Labute approximate surface area is 203 Å². The third kappa shape index (κ3) is 5.20. The average Bonchev–Trinajstić information content (AvgIpc) is 3.56. The molecule has 2 atom stereocenters. The van der Waals surface area contributed by atoms with Crippen molar-refractivity contribution in [1.82, 2.24) is 35.3 Å². The van der Waals surface area contributed by atoms with E-state index in [1.807, 2.05) is 16.7 Å². The lowest BCUT2D eigenvalue weighted by Crippen LogP contribution is -2.42. The highest BCUT2D eigenvalue weighted by Crippen LogP contribution is 2.30. The molecular formula is C20H28Cl2FN7OS. The lowest BCUT2D eigenvalue weighted by molar-refractivity contribution is -0.131. The van der Waals surface area contributed by atoms with Crippen LogP contribution in [0.25, 0.3) is 5.69 Å². The predicted octanol–water partition coefficient (Wildman–Crippen LogP) is 2.09. The van der Waals surface area contributed by atoms with Crippen LogP contribution in [-0.2, 0) is 4.79 Å². The molecule has 0 unspecified atom stereocenters. The number of amides is 1. The second-order valence-corrected chi connectivity index (χ2v) is 9.30. The van der Waals surface area contributed by atoms with Gasteiger partial charge in [0.1, 0.15) is 5.82 Å². The summed E-state index contributed by atoms with van der Waals surface area (Å²) < 4.78 is 15.0. The minimum Gasteiger partial charge on any atom is -0.331 e. The summed E-state index contributed by atoms with van der Waals surface area (Å²) >= 11 is 1.83. The van der Waals surface area contributed by atoms with Crippen molar-refractivity contribution in [3.05, 3.63) is 35.9 Å². The van der Waals surface area contributed by atoms with Gasteiger partial charge in [-0.25, -0.2) is 4.39 Å². The topological polar surface area (TPSA) is 79.2 Å². The van der Waals surface area contributed by atoms with Crippen LogP contribution in [0.3, 0.4) is 0 Å². The number of nitrogens with one attached hydrogen (secondary N) is 1. The van der Waals surface area contributed by atoms with Gasteiger partial charge in [0, 0.05) is 30.8 Å². The molecule has 3 saturated heterocycles. The number of aromatic nitrogens is 4. The Morgan fingerprint density at radius 3 is 2.56 bits per heavy atom. The second-order valence-electron chi connectivity index (χ2n) is 8.22. The number of hydrogen-bond acceptors (Lipinski definition) is 7. The second kappa shape index (κ2) is 11.1. The molecule has 1 aromatic heterocycles. The predicted molar refractivity (Wildman–Crippen MR) is 126 cm³/mol. The van der Waals surface area contributed by atoms with E-state index in [0.29, 0.717) is 6.04 Å². The third-order valence-electron chi connectivity index (χ3n) is 6.45. The molecule has 1 amide bonds. The zero-order valence-electron chi connectivity index (χ0n) is 17.6. The van der Waals surface area contributed by atoms with Gasteiger partial charge in [0.15, 0.2) is 5.82 Å². The van der Waals surface area contributed by atoms with Crippen molar-refractivity contribution in [2.24, 2.45) is 0 Å². The maximum Gasteiger partial charge on any atom is 0.240 e. The minimum atomic E-state index is -0.271. The summed E-state index contributed by atoms with van der Waals surface area (Å²) in [7, 11) is 0. The van der Waals surface area contributed by atoms with Gasteiger partial charge in [0.25, 0.3) is 0 Å². The van der Waals surface area contributed by atoms with E-state index in [4.69, 9.17) is 0 Å². The van der Waals surface area contributed by atoms with E-state index >= 15 is 0 Å². The van der Waals surface area contributed by atoms with Crippen molar-refractivity contribution >= 4 is 42.5 Å². The van der Waals surface area contributed by atoms with E-state index in [-0.39, 0.29) is 48.5 Å². The van der Waals surface area contributed by atoms with Gasteiger partial charge in [0.2, 0.25) is 5.91 Å². The van der Waals surface area contributed by atoms with Gasteiger partial charge < -0.3 is 10.2 Å². The fourth-order valence-electron chi connectivity index (χ4n) is 4.73. The molecule has 2 aromatic rings. The number of carbonyl (C=O) groups is 1. The zero-order valence-corrected chi connectivity index (χ0v) is 20.0. The molecule has 3 aliphatic heterocycles. The Morgan fingerprint density at radius 1 is 1.12 bits per heavy atom. The van der Waals surface area contributed by atoms with Crippen LogP contribution in [0.5, 0.6) is 0 Å². The summed E-state index contributed by atoms with van der Waals surface area (Å²) in [6, 6.07) is 6.61. The molecule has 5 rings (SSSR count). The van der Waals surface area contributed by atoms with Gasteiger partial charge in [-0.2, -0.15) is 4.68 Å². The number of likely N-dealkylation sites (tertiary alicyclic amines) is 1. The molecule has 4 heterocycles. The summed E-state index contributed by atoms with van der Waals surface area (Å²) in [5.74, 6) is 2.98. The summed E-state index contributed by atoms with van der Waals surface area (Å²) in [6.45, 7) is 3.68. The Balaban J connectivity index is 0.00000144. The van der Waals surface area contributed by atoms with Crippen LogP contribution in [0.1, 0.15) is 31.0 Å². The zero-order chi connectivity index (χ0) is 20.5. The summed E-state index contributed by atoms with van der Waals surface area (Å²) in [4.78, 5) is 17.1. The third-order valence-corrected chi connectivity index (χ3v) is 7.41. The molecule has 0 aliphatic carbocycles. The largest absolute Gasteiger partial charge is 0.331 e. The quantitative estimate of drug-likeness (QED) is 0.683. The van der Waals surface area contributed by atoms with Crippen molar-refractivity contribution in [2.75, 3.05) is 37.8 Å². The number of hydrogen-bond donors (Lipinski definition) is 1. The Kier molecular flexibility index (Phi) is 8.74. The number of benzene rings is 1. The van der Waals surface area contributed by atoms with Gasteiger partial charge in [-0.1, -0.05) is 0 Å². The fraction of sp³-hybridized carbons (Fsp3) is 0.600. The first kappa shape index (κ1) is 25.2. The minimum absolute atomic E-state index is 0. The molecule has 1 N–H and O–H groups in total. The van der Waals surface area contributed by atoms with Crippen molar-refractivity contribution in [3.8, 4) is 5.69 Å².